The largest absolute Gasteiger partial charge is 0.488 e. The van der Waals surface area contributed by atoms with Gasteiger partial charge in [0.15, 0.2) is 5.78 Å². The van der Waals surface area contributed by atoms with Gasteiger partial charge in [0.2, 0.25) is 5.95 Å². The minimum Gasteiger partial charge on any atom is -0.488 e. The Kier molecular flexibility index (Phi) is 7.04. The lowest BCUT2D eigenvalue weighted by Crippen LogP contribution is -2.40. The molecule has 8 heteroatoms. The molecule has 1 fully saturated rings. The molecule has 4 rings (SSSR count). The summed E-state index contributed by atoms with van der Waals surface area (Å²) in [6.45, 7) is 1.93. The Morgan fingerprint density at radius 2 is 1.79 bits per heavy atom. The highest BCUT2D eigenvalue weighted by Gasteiger charge is 2.22. The quantitative estimate of drug-likeness (QED) is 0.403. The summed E-state index contributed by atoms with van der Waals surface area (Å²) in [6, 6.07) is 13.5. The number of halogens is 2. The monoisotopic (exact) mass is 452 g/mol. The molecule has 3 aromatic rings. The zero-order valence-electron chi connectivity index (χ0n) is 17.8. The summed E-state index contributed by atoms with van der Waals surface area (Å²) < 4.78 is 38.3. The molecule has 2 aromatic carbocycles. The van der Waals surface area contributed by atoms with Crippen LogP contribution in [0.1, 0.15) is 31.8 Å². The minimum absolute atomic E-state index is 0.0958. The van der Waals surface area contributed by atoms with E-state index in [4.69, 9.17) is 9.47 Å². The van der Waals surface area contributed by atoms with Crippen molar-refractivity contribution in [2.24, 2.45) is 0 Å². The van der Waals surface area contributed by atoms with Crippen LogP contribution in [0.3, 0.4) is 0 Å². The fraction of sp³-hybridized carbons (Fsp3) is 0.240. The number of morpholine rings is 1. The summed E-state index contributed by atoms with van der Waals surface area (Å²) in [5, 5.41) is 0. The first-order chi connectivity index (χ1) is 16.0. The van der Waals surface area contributed by atoms with Gasteiger partial charge in [-0.25, -0.2) is 9.37 Å². The second-order valence-electron chi connectivity index (χ2n) is 7.58. The van der Waals surface area contributed by atoms with E-state index in [2.05, 4.69) is 4.98 Å². The smallest absolute Gasteiger partial charge is 0.254 e. The van der Waals surface area contributed by atoms with Crippen molar-refractivity contribution in [1.29, 1.82) is 0 Å². The predicted octanol–water partition coefficient (Wildman–Crippen LogP) is 3.84. The standard InChI is InChI=1S/C25H22F2N2O4/c26-20-6-3-17(4-7-20)16-33-23-8-5-19(25(31)29-10-12-32-13-11-29)14-21(23)22(30)15-18-2-1-9-28-24(18)27/h1-9,14H,10-13,15-16H2. The van der Waals surface area contributed by atoms with Crippen LogP contribution in [0.25, 0.3) is 0 Å². The van der Waals surface area contributed by atoms with Crippen molar-refractivity contribution in [3.63, 3.8) is 0 Å². The molecule has 33 heavy (non-hydrogen) atoms. The molecule has 0 radical (unpaired) electrons. The summed E-state index contributed by atoms with van der Waals surface area (Å²) in [7, 11) is 0. The van der Waals surface area contributed by atoms with Gasteiger partial charge in [-0.3, -0.25) is 9.59 Å². The molecule has 0 spiro atoms. The maximum atomic E-state index is 14.0. The molecule has 1 aromatic heterocycles. The van der Waals surface area contributed by atoms with Crippen molar-refractivity contribution in [2.75, 3.05) is 26.3 Å². The van der Waals surface area contributed by atoms with Gasteiger partial charge in [-0.2, -0.15) is 4.39 Å². The van der Waals surface area contributed by atoms with Crippen LogP contribution in [-0.2, 0) is 17.8 Å². The minimum atomic E-state index is -0.722. The SMILES string of the molecule is O=C(Cc1cccnc1F)c1cc(C(=O)N2CCOCC2)ccc1OCc1ccc(F)cc1. The molecule has 0 bridgehead atoms. The summed E-state index contributed by atoms with van der Waals surface area (Å²) in [5.41, 5.74) is 1.36. The molecule has 0 atom stereocenters. The second-order valence-corrected chi connectivity index (χ2v) is 7.58. The fourth-order valence-electron chi connectivity index (χ4n) is 3.52. The van der Waals surface area contributed by atoms with E-state index >= 15 is 0 Å². The zero-order chi connectivity index (χ0) is 23.2. The topological polar surface area (TPSA) is 68.7 Å². The summed E-state index contributed by atoms with van der Waals surface area (Å²) in [6.07, 6.45) is 1.07. The molecule has 1 aliphatic rings. The zero-order valence-corrected chi connectivity index (χ0v) is 17.8. The van der Waals surface area contributed by atoms with E-state index in [1.807, 2.05) is 0 Å². The molecule has 6 nitrogen and oxygen atoms in total. The second kappa shape index (κ2) is 10.3. The number of carbonyl (C=O) groups is 2. The third kappa shape index (κ3) is 5.59. The molecule has 0 aliphatic carbocycles. The maximum absolute atomic E-state index is 14.0. The Hall–Kier alpha value is -3.65. The number of ketones is 1. The van der Waals surface area contributed by atoms with Gasteiger partial charge in [0.05, 0.1) is 18.8 Å². The van der Waals surface area contributed by atoms with Crippen LogP contribution in [-0.4, -0.2) is 47.9 Å². The van der Waals surface area contributed by atoms with Crippen molar-refractivity contribution in [1.82, 2.24) is 9.88 Å². The van der Waals surface area contributed by atoms with Crippen LogP contribution in [0.15, 0.2) is 60.8 Å². The van der Waals surface area contributed by atoms with Gasteiger partial charge in [-0.1, -0.05) is 18.2 Å². The molecular formula is C25H22F2N2O4. The number of amides is 1. The summed E-state index contributed by atoms with van der Waals surface area (Å²) in [5.74, 6) is -1.45. The Labute approximate surface area is 189 Å². The molecular weight excluding hydrogens is 430 g/mol. The number of hydrogen-bond donors (Lipinski definition) is 0. The van der Waals surface area contributed by atoms with Crippen LogP contribution in [0, 0.1) is 11.8 Å². The highest BCUT2D eigenvalue weighted by atomic mass is 19.1. The number of hydrogen-bond acceptors (Lipinski definition) is 5. The predicted molar refractivity (Wildman–Crippen MR) is 116 cm³/mol. The van der Waals surface area contributed by atoms with Crippen LogP contribution in [0.2, 0.25) is 0 Å². The van der Waals surface area contributed by atoms with E-state index in [-0.39, 0.29) is 41.6 Å². The van der Waals surface area contributed by atoms with Gasteiger partial charge in [0.25, 0.3) is 5.91 Å². The van der Waals surface area contributed by atoms with Crippen LogP contribution >= 0.6 is 0 Å². The van der Waals surface area contributed by atoms with Crippen LogP contribution in [0.5, 0.6) is 5.75 Å². The van der Waals surface area contributed by atoms with Gasteiger partial charge in [0.1, 0.15) is 18.2 Å². The number of nitrogens with zero attached hydrogens (tertiary/aromatic N) is 2. The lowest BCUT2D eigenvalue weighted by Gasteiger charge is -2.27. The first kappa shape index (κ1) is 22.5. The van der Waals surface area contributed by atoms with Gasteiger partial charge in [0, 0.05) is 36.8 Å². The molecule has 1 saturated heterocycles. The van der Waals surface area contributed by atoms with Gasteiger partial charge in [-0.15, -0.1) is 0 Å². The Morgan fingerprint density at radius 1 is 1.03 bits per heavy atom. The molecule has 0 unspecified atom stereocenters. The van der Waals surface area contributed by atoms with Crippen molar-refractivity contribution in [3.8, 4) is 5.75 Å². The van der Waals surface area contributed by atoms with Crippen molar-refractivity contribution in [3.05, 3.63) is 94.8 Å². The van der Waals surface area contributed by atoms with E-state index in [1.165, 1.54) is 30.5 Å². The molecule has 1 amide bonds. The Bertz CT molecular complexity index is 1150. The number of Topliss-reactive ketones (excluding diaryl/α,β-unsaturated/α-hetero) is 1. The molecule has 0 saturated carbocycles. The lowest BCUT2D eigenvalue weighted by atomic mass is 10.00. The van der Waals surface area contributed by atoms with Gasteiger partial charge >= 0.3 is 0 Å². The van der Waals surface area contributed by atoms with Crippen LogP contribution in [0.4, 0.5) is 8.78 Å². The highest BCUT2D eigenvalue weighted by Crippen LogP contribution is 2.25. The van der Waals surface area contributed by atoms with E-state index in [0.29, 0.717) is 37.4 Å². The van der Waals surface area contributed by atoms with E-state index < -0.39 is 11.7 Å². The number of ether oxygens (including phenoxy) is 2. The van der Waals surface area contributed by atoms with Gasteiger partial charge < -0.3 is 14.4 Å². The van der Waals surface area contributed by atoms with E-state index in [9.17, 15) is 18.4 Å². The lowest BCUT2D eigenvalue weighted by molar-refractivity contribution is 0.0303. The van der Waals surface area contributed by atoms with E-state index in [1.54, 1.807) is 35.2 Å². The molecule has 0 N–H and O–H groups in total. The number of carbonyl (C=O) groups excluding carboxylic acids is 2. The number of aromatic nitrogens is 1. The fourth-order valence-corrected chi connectivity index (χ4v) is 3.52. The maximum Gasteiger partial charge on any atom is 0.254 e. The average molecular weight is 452 g/mol. The normalized spacial score (nSPS) is 13.6. The number of rotatable bonds is 7. The third-order valence-electron chi connectivity index (χ3n) is 5.32. The van der Waals surface area contributed by atoms with Crippen LogP contribution < -0.4 is 4.74 Å². The van der Waals surface area contributed by atoms with Gasteiger partial charge in [-0.05, 0) is 42.0 Å². The first-order valence-corrected chi connectivity index (χ1v) is 10.5. The number of pyridine rings is 1. The Balaban J connectivity index is 1.61. The van der Waals surface area contributed by atoms with Crippen molar-refractivity contribution >= 4 is 11.7 Å². The number of benzene rings is 2. The van der Waals surface area contributed by atoms with Crippen molar-refractivity contribution < 1.29 is 27.8 Å². The third-order valence-corrected chi connectivity index (χ3v) is 5.32. The molecule has 2 heterocycles. The first-order valence-electron chi connectivity index (χ1n) is 10.5. The Morgan fingerprint density at radius 3 is 2.52 bits per heavy atom. The summed E-state index contributed by atoms with van der Waals surface area (Å²) >= 11 is 0. The summed E-state index contributed by atoms with van der Waals surface area (Å²) in [4.78, 5) is 31.3. The van der Waals surface area contributed by atoms with E-state index in [0.717, 1.165) is 0 Å². The molecule has 170 valence electrons. The molecule has 1 aliphatic heterocycles. The highest BCUT2D eigenvalue weighted by molar-refractivity contribution is 6.03. The van der Waals surface area contributed by atoms with Crippen molar-refractivity contribution in [2.45, 2.75) is 13.0 Å². The average Bonchev–Trinajstić information content (AvgIpc) is 2.85.